The average molecular weight is 845 g/mol. The zero-order chi connectivity index (χ0) is 42.5. The molecule has 0 aromatic heterocycles. The van der Waals surface area contributed by atoms with Gasteiger partial charge in [-0.05, 0) is 12.8 Å². The molecule has 0 aliphatic heterocycles. The molecular weight excluding hydrogens is 744 g/mol. The summed E-state index contributed by atoms with van der Waals surface area (Å²) in [5.74, 6) is -0.154. The van der Waals surface area contributed by atoms with Crippen molar-refractivity contribution in [2.75, 3.05) is 19.8 Å². The number of aliphatic hydroxyl groups is 1. The SMILES string of the molecule is CCCCCCCCCCCCCCCCCCCCCCCCCC(=O)NC(COP(=O)(O)OCCN)C(O)CCCCCCCCCCCCCCCCCC. The van der Waals surface area contributed by atoms with E-state index < -0.39 is 20.0 Å². The Morgan fingerprint density at radius 2 is 0.793 bits per heavy atom. The Labute approximate surface area is 361 Å². The number of hydrogen-bond acceptors (Lipinski definition) is 6. The third-order valence-electron chi connectivity index (χ3n) is 12.0. The second-order valence-electron chi connectivity index (χ2n) is 17.7. The van der Waals surface area contributed by atoms with Gasteiger partial charge >= 0.3 is 7.82 Å². The largest absolute Gasteiger partial charge is 0.472 e. The molecule has 0 bridgehead atoms. The molecule has 0 fully saturated rings. The number of rotatable bonds is 49. The molecule has 5 N–H and O–H groups in total. The summed E-state index contributed by atoms with van der Waals surface area (Å²) in [5.41, 5.74) is 5.40. The van der Waals surface area contributed by atoms with E-state index in [2.05, 4.69) is 19.2 Å². The summed E-state index contributed by atoms with van der Waals surface area (Å²) in [4.78, 5) is 22.8. The van der Waals surface area contributed by atoms with E-state index in [1.165, 1.54) is 212 Å². The second-order valence-corrected chi connectivity index (χ2v) is 19.2. The Kier molecular flexibility index (Phi) is 45.6. The Bertz CT molecular complexity index is 880. The van der Waals surface area contributed by atoms with Gasteiger partial charge in [0.1, 0.15) is 0 Å². The van der Waals surface area contributed by atoms with Crippen molar-refractivity contribution in [3.8, 4) is 0 Å². The van der Waals surface area contributed by atoms with Crippen molar-refractivity contribution in [2.45, 2.75) is 289 Å². The highest BCUT2D eigenvalue weighted by atomic mass is 31.2. The van der Waals surface area contributed by atoms with Crippen molar-refractivity contribution < 1.29 is 28.4 Å². The van der Waals surface area contributed by atoms with Crippen molar-refractivity contribution in [1.82, 2.24) is 5.32 Å². The Balaban J connectivity index is 3.97. The number of unbranched alkanes of at least 4 members (excludes halogenated alkanes) is 37. The molecule has 9 heteroatoms. The van der Waals surface area contributed by atoms with Crippen LogP contribution in [0.15, 0.2) is 0 Å². The van der Waals surface area contributed by atoms with Gasteiger partial charge in [-0.3, -0.25) is 13.8 Å². The number of aliphatic hydroxyl groups excluding tert-OH is 1. The van der Waals surface area contributed by atoms with Crippen molar-refractivity contribution in [3.63, 3.8) is 0 Å². The first-order valence-electron chi connectivity index (χ1n) is 25.7. The van der Waals surface area contributed by atoms with E-state index in [0.29, 0.717) is 12.8 Å². The summed E-state index contributed by atoms with van der Waals surface area (Å²) >= 11 is 0. The third-order valence-corrected chi connectivity index (χ3v) is 12.9. The first kappa shape index (κ1) is 57.5. The Morgan fingerprint density at radius 3 is 1.10 bits per heavy atom. The summed E-state index contributed by atoms with van der Waals surface area (Å²) in [6.07, 6.45) is 51.3. The fourth-order valence-electron chi connectivity index (χ4n) is 8.08. The summed E-state index contributed by atoms with van der Waals surface area (Å²) in [7, 11) is -4.31. The maximum atomic E-state index is 12.8. The van der Waals surface area contributed by atoms with Crippen molar-refractivity contribution >= 4 is 13.7 Å². The zero-order valence-electron chi connectivity index (χ0n) is 38.8. The van der Waals surface area contributed by atoms with Gasteiger partial charge in [0.25, 0.3) is 0 Å². The van der Waals surface area contributed by atoms with Gasteiger partial charge in [0.05, 0.1) is 25.4 Å². The normalized spacial score (nSPS) is 13.8. The van der Waals surface area contributed by atoms with E-state index in [1.54, 1.807) is 0 Å². The zero-order valence-corrected chi connectivity index (χ0v) is 39.7. The molecule has 0 spiro atoms. The summed E-state index contributed by atoms with van der Waals surface area (Å²) in [5, 5.41) is 13.9. The molecule has 0 saturated heterocycles. The molecule has 1 amide bonds. The standard InChI is InChI=1S/C49H101N2O6P/c1-3-5-7-9-11-13-15-17-19-21-22-23-24-25-26-27-29-31-33-35-37-39-41-43-49(53)51-47(46-57-58(54,55)56-45-44-50)48(52)42-40-38-36-34-32-30-28-20-18-16-14-12-10-8-6-4-2/h47-48,52H,3-46,50H2,1-2H3,(H,51,53)(H,54,55). The Morgan fingerprint density at radius 1 is 0.500 bits per heavy atom. The van der Waals surface area contributed by atoms with Gasteiger partial charge in [0, 0.05) is 13.0 Å². The number of nitrogens with two attached hydrogens (primary N) is 1. The third kappa shape index (κ3) is 43.6. The highest BCUT2D eigenvalue weighted by Crippen LogP contribution is 2.43. The van der Waals surface area contributed by atoms with Gasteiger partial charge in [0.15, 0.2) is 0 Å². The van der Waals surface area contributed by atoms with E-state index in [-0.39, 0.29) is 25.7 Å². The number of carbonyl (C=O) groups excluding carboxylic acids is 1. The maximum absolute atomic E-state index is 12.8. The lowest BCUT2D eigenvalue weighted by atomic mass is 10.0. The lowest BCUT2D eigenvalue weighted by molar-refractivity contribution is -0.123. The van der Waals surface area contributed by atoms with Crippen molar-refractivity contribution in [3.05, 3.63) is 0 Å². The van der Waals surface area contributed by atoms with Crippen LogP contribution in [-0.2, 0) is 18.4 Å². The number of hydrogen-bond donors (Lipinski definition) is 4. The molecule has 3 atom stereocenters. The topological polar surface area (TPSA) is 131 Å². The number of phosphoric acid groups is 1. The van der Waals surface area contributed by atoms with Gasteiger partial charge in [-0.2, -0.15) is 0 Å². The monoisotopic (exact) mass is 845 g/mol. The van der Waals surface area contributed by atoms with Crippen LogP contribution in [0.2, 0.25) is 0 Å². The molecule has 348 valence electrons. The molecule has 0 rings (SSSR count). The lowest BCUT2D eigenvalue weighted by Crippen LogP contribution is -2.46. The van der Waals surface area contributed by atoms with Gasteiger partial charge < -0.3 is 21.1 Å². The Hall–Kier alpha value is -0.500. The van der Waals surface area contributed by atoms with Crippen LogP contribution < -0.4 is 11.1 Å². The van der Waals surface area contributed by atoms with Crippen LogP contribution in [0.1, 0.15) is 277 Å². The highest BCUT2D eigenvalue weighted by Gasteiger charge is 2.27. The number of nitrogens with one attached hydrogen (secondary N) is 1. The molecule has 0 saturated carbocycles. The maximum Gasteiger partial charge on any atom is 0.472 e. The number of amides is 1. The van der Waals surface area contributed by atoms with Gasteiger partial charge in [-0.25, -0.2) is 4.57 Å². The average Bonchev–Trinajstić information content (AvgIpc) is 3.21. The first-order valence-corrected chi connectivity index (χ1v) is 27.1. The van der Waals surface area contributed by atoms with Crippen LogP contribution >= 0.6 is 7.82 Å². The van der Waals surface area contributed by atoms with E-state index in [4.69, 9.17) is 14.8 Å². The van der Waals surface area contributed by atoms with Gasteiger partial charge in [-0.15, -0.1) is 0 Å². The molecule has 0 aliphatic carbocycles. The fourth-order valence-corrected chi connectivity index (χ4v) is 8.84. The highest BCUT2D eigenvalue weighted by molar-refractivity contribution is 7.47. The van der Waals surface area contributed by atoms with E-state index in [0.717, 1.165) is 38.5 Å². The minimum Gasteiger partial charge on any atom is -0.391 e. The van der Waals surface area contributed by atoms with E-state index in [9.17, 15) is 19.4 Å². The van der Waals surface area contributed by atoms with Crippen LogP contribution in [0, 0.1) is 0 Å². The van der Waals surface area contributed by atoms with Crippen molar-refractivity contribution in [2.24, 2.45) is 5.73 Å². The molecule has 0 heterocycles. The quantitative estimate of drug-likeness (QED) is 0.0354. The predicted octanol–water partition coefficient (Wildman–Crippen LogP) is 15.0. The van der Waals surface area contributed by atoms with Crippen LogP contribution in [-0.4, -0.2) is 47.8 Å². The van der Waals surface area contributed by atoms with Crippen LogP contribution in [0.4, 0.5) is 0 Å². The predicted molar refractivity (Wildman–Crippen MR) is 249 cm³/mol. The first-order chi connectivity index (χ1) is 28.4. The van der Waals surface area contributed by atoms with Gasteiger partial charge in [-0.1, -0.05) is 258 Å². The summed E-state index contributed by atoms with van der Waals surface area (Å²) in [6, 6.07) is -0.768. The lowest BCUT2D eigenvalue weighted by Gasteiger charge is -2.25. The molecule has 0 radical (unpaired) electrons. The van der Waals surface area contributed by atoms with Crippen LogP contribution in [0.5, 0.6) is 0 Å². The molecule has 58 heavy (non-hydrogen) atoms. The van der Waals surface area contributed by atoms with Crippen molar-refractivity contribution in [1.29, 1.82) is 0 Å². The number of phosphoric ester groups is 1. The van der Waals surface area contributed by atoms with E-state index >= 15 is 0 Å². The minimum absolute atomic E-state index is 0.0928. The van der Waals surface area contributed by atoms with Gasteiger partial charge in [0.2, 0.25) is 5.91 Å². The fraction of sp³-hybridized carbons (Fsp3) is 0.980. The molecule has 0 aromatic carbocycles. The molecule has 3 unspecified atom stereocenters. The molecule has 8 nitrogen and oxygen atoms in total. The molecular formula is C49H101N2O6P. The summed E-state index contributed by atoms with van der Waals surface area (Å²) < 4.78 is 22.3. The molecule has 0 aromatic rings. The second kappa shape index (κ2) is 46.0. The van der Waals surface area contributed by atoms with Crippen LogP contribution in [0.3, 0.4) is 0 Å². The minimum atomic E-state index is -4.31. The number of carbonyl (C=O) groups is 1. The summed E-state index contributed by atoms with van der Waals surface area (Å²) in [6.45, 7) is 4.26. The molecule has 0 aliphatic rings. The smallest absolute Gasteiger partial charge is 0.391 e. The van der Waals surface area contributed by atoms with E-state index in [1.807, 2.05) is 0 Å². The van der Waals surface area contributed by atoms with Crippen LogP contribution in [0.25, 0.3) is 0 Å².